The minimum atomic E-state index is -0.0373. The van der Waals surface area contributed by atoms with Gasteiger partial charge in [-0.2, -0.15) is 0 Å². The molecule has 0 saturated heterocycles. The first-order valence-electron chi connectivity index (χ1n) is 5.39. The number of hydrogen-bond acceptors (Lipinski definition) is 3. The summed E-state index contributed by atoms with van der Waals surface area (Å²) in [6.45, 7) is 4.00. The van der Waals surface area contributed by atoms with Gasteiger partial charge < -0.3 is 5.73 Å². The molecule has 96 valence electrons. The van der Waals surface area contributed by atoms with Gasteiger partial charge in [0.15, 0.2) is 4.96 Å². The molecule has 1 aromatic carbocycles. The molecule has 18 heavy (non-hydrogen) atoms. The fourth-order valence-electron chi connectivity index (χ4n) is 2.02. The summed E-state index contributed by atoms with van der Waals surface area (Å²) in [7, 11) is 0. The molecule has 6 heteroatoms. The molecule has 0 amide bonds. The van der Waals surface area contributed by atoms with Gasteiger partial charge in [0, 0.05) is 17.3 Å². The predicted molar refractivity (Wildman–Crippen MR) is 80.2 cm³/mol. The molecule has 0 aliphatic heterocycles. The van der Waals surface area contributed by atoms with Gasteiger partial charge in [0.25, 0.3) is 0 Å². The van der Waals surface area contributed by atoms with Crippen molar-refractivity contribution in [3.8, 4) is 0 Å². The topological polar surface area (TPSA) is 43.3 Å². The van der Waals surface area contributed by atoms with Crippen molar-refractivity contribution in [2.24, 2.45) is 5.73 Å². The van der Waals surface area contributed by atoms with Crippen molar-refractivity contribution >= 4 is 50.5 Å². The minimum absolute atomic E-state index is 0. The normalized spacial score (nSPS) is 12.9. The Morgan fingerprint density at radius 3 is 2.83 bits per heavy atom. The fraction of sp³-hybridized carbons (Fsp3) is 0.250. The van der Waals surface area contributed by atoms with E-state index < -0.39 is 0 Å². The molecule has 1 unspecified atom stereocenters. The number of halogens is 2. The van der Waals surface area contributed by atoms with E-state index in [2.05, 4.69) is 16.3 Å². The van der Waals surface area contributed by atoms with Gasteiger partial charge in [-0.15, -0.1) is 12.4 Å². The Bertz CT molecular complexity index is 715. The average Bonchev–Trinajstić information content (AvgIpc) is 2.72. The molecule has 3 rings (SSSR count). The number of aryl methyl sites for hydroxylation is 1. The summed E-state index contributed by atoms with van der Waals surface area (Å²) in [5, 5.41) is 0.770. The number of nitrogens with two attached hydrogens (primary N) is 1. The van der Waals surface area contributed by atoms with Gasteiger partial charge in [-0.25, -0.2) is 4.98 Å². The maximum Gasteiger partial charge on any atom is 0.195 e. The summed E-state index contributed by atoms with van der Waals surface area (Å²) in [6, 6.07) is 3.92. The van der Waals surface area contributed by atoms with Crippen molar-refractivity contribution < 1.29 is 0 Å². The summed E-state index contributed by atoms with van der Waals surface area (Å²) in [6.07, 6.45) is 2.01. The lowest BCUT2D eigenvalue weighted by atomic mass is 10.2. The minimum Gasteiger partial charge on any atom is -0.323 e. The molecule has 2 aromatic heterocycles. The quantitative estimate of drug-likeness (QED) is 0.739. The van der Waals surface area contributed by atoms with Crippen LogP contribution < -0.4 is 5.73 Å². The summed E-state index contributed by atoms with van der Waals surface area (Å²) in [5.74, 6) is 0. The van der Waals surface area contributed by atoms with Gasteiger partial charge >= 0.3 is 0 Å². The van der Waals surface area contributed by atoms with Crippen LogP contribution in [0.15, 0.2) is 18.3 Å². The van der Waals surface area contributed by atoms with Crippen molar-refractivity contribution in [2.75, 3.05) is 0 Å². The standard InChI is InChI=1S/C12H12ClN3S.ClH/c1-6-3-8(13)4-10-11(6)16-5-9(7(2)14)15-12(16)17-10;/h3-5,7H,14H2,1-2H3;1H. The number of rotatable bonds is 1. The maximum absolute atomic E-state index is 6.06. The van der Waals surface area contributed by atoms with Crippen LogP contribution in [-0.2, 0) is 0 Å². The van der Waals surface area contributed by atoms with Gasteiger partial charge in [-0.1, -0.05) is 22.9 Å². The highest BCUT2D eigenvalue weighted by Gasteiger charge is 2.13. The number of thiazole rings is 1. The lowest BCUT2D eigenvalue weighted by Gasteiger charge is -1.99. The molecule has 2 N–H and O–H groups in total. The van der Waals surface area contributed by atoms with E-state index >= 15 is 0 Å². The second-order valence-electron chi connectivity index (χ2n) is 4.28. The van der Waals surface area contributed by atoms with Crippen LogP contribution in [0, 0.1) is 6.92 Å². The number of aromatic nitrogens is 2. The van der Waals surface area contributed by atoms with Crippen molar-refractivity contribution in [3.05, 3.63) is 34.6 Å². The molecular weight excluding hydrogens is 289 g/mol. The molecule has 2 heterocycles. The predicted octanol–water partition coefficient (Wildman–Crippen LogP) is 3.95. The van der Waals surface area contributed by atoms with Crippen LogP contribution in [0.1, 0.15) is 24.2 Å². The number of imidazole rings is 1. The van der Waals surface area contributed by atoms with E-state index in [1.807, 2.05) is 25.3 Å². The third-order valence-corrected chi connectivity index (χ3v) is 4.05. The molecule has 0 radical (unpaired) electrons. The number of fused-ring (bicyclic) bond motifs is 3. The Balaban J connectivity index is 0.00000120. The average molecular weight is 302 g/mol. The fourth-order valence-corrected chi connectivity index (χ4v) is 3.49. The van der Waals surface area contributed by atoms with E-state index in [1.54, 1.807) is 11.3 Å². The second-order valence-corrected chi connectivity index (χ2v) is 5.72. The van der Waals surface area contributed by atoms with Crippen LogP contribution in [0.3, 0.4) is 0 Å². The summed E-state index contributed by atoms with van der Waals surface area (Å²) in [4.78, 5) is 5.50. The highest BCUT2D eigenvalue weighted by atomic mass is 35.5. The van der Waals surface area contributed by atoms with Gasteiger partial charge in [0.1, 0.15) is 0 Å². The Labute approximate surface area is 120 Å². The molecule has 3 aromatic rings. The van der Waals surface area contributed by atoms with E-state index in [1.165, 1.54) is 5.52 Å². The van der Waals surface area contributed by atoms with Crippen LogP contribution in [0.4, 0.5) is 0 Å². The van der Waals surface area contributed by atoms with Crippen LogP contribution >= 0.6 is 35.3 Å². The van der Waals surface area contributed by atoms with E-state index in [0.717, 1.165) is 25.9 Å². The molecule has 0 fully saturated rings. The first-order chi connectivity index (χ1) is 8.06. The summed E-state index contributed by atoms with van der Waals surface area (Å²) < 4.78 is 3.26. The van der Waals surface area contributed by atoms with Gasteiger partial charge in [-0.3, -0.25) is 4.40 Å². The molecule has 0 spiro atoms. The van der Waals surface area contributed by atoms with E-state index in [9.17, 15) is 0 Å². The monoisotopic (exact) mass is 301 g/mol. The van der Waals surface area contributed by atoms with Crippen LogP contribution in [-0.4, -0.2) is 9.38 Å². The van der Waals surface area contributed by atoms with E-state index in [0.29, 0.717) is 0 Å². The number of nitrogens with zero attached hydrogens (tertiary/aromatic N) is 2. The van der Waals surface area contributed by atoms with E-state index in [4.69, 9.17) is 17.3 Å². The Morgan fingerprint density at radius 2 is 2.17 bits per heavy atom. The van der Waals surface area contributed by atoms with Crippen molar-refractivity contribution in [3.63, 3.8) is 0 Å². The lowest BCUT2D eigenvalue weighted by molar-refractivity contribution is 0.790. The van der Waals surface area contributed by atoms with Crippen LogP contribution in [0.5, 0.6) is 0 Å². The Hall–Kier alpha value is -0.810. The van der Waals surface area contributed by atoms with Gasteiger partial charge in [0.2, 0.25) is 0 Å². The molecule has 3 nitrogen and oxygen atoms in total. The van der Waals surface area contributed by atoms with E-state index in [-0.39, 0.29) is 18.4 Å². The Morgan fingerprint density at radius 1 is 1.44 bits per heavy atom. The third-order valence-electron chi connectivity index (χ3n) is 2.83. The molecule has 1 atom stereocenters. The molecule has 0 saturated carbocycles. The number of benzene rings is 1. The van der Waals surface area contributed by atoms with Crippen molar-refractivity contribution in [2.45, 2.75) is 19.9 Å². The molecular formula is C12H13Cl2N3S. The zero-order valence-electron chi connectivity index (χ0n) is 9.98. The largest absolute Gasteiger partial charge is 0.323 e. The zero-order valence-corrected chi connectivity index (χ0v) is 12.4. The first-order valence-corrected chi connectivity index (χ1v) is 6.59. The second kappa shape index (κ2) is 4.70. The molecule has 0 aliphatic rings. The third kappa shape index (κ3) is 1.99. The Kier molecular flexibility index (Phi) is 3.56. The van der Waals surface area contributed by atoms with Crippen LogP contribution in [0.2, 0.25) is 5.02 Å². The smallest absolute Gasteiger partial charge is 0.195 e. The van der Waals surface area contributed by atoms with Gasteiger partial charge in [-0.05, 0) is 31.5 Å². The highest BCUT2D eigenvalue weighted by Crippen LogP contribution is 2.32. The van der Waals surface area contributed by atoms with Crippen molar-refractivity contribution in [1.29, 1.82) is 0 Å². The highest BCUT2D eigenvalue weighted by molar-refractivity contribution is 7.23. The first kappa shape index (κ1) is 13.6. The molecule has 0 aliphatic carbocycles. The van der Waals surface area contributed by atoms with Crippen molar-refractivity contribution in [1.82, 2.24) is 9.38 Å². The number of hydrogen-bond donors (Lipinski definition) is 1. The summed E-state index contributed by atoms with van der Waals surface area (Å²) in [5.41, 5.74) is 9.11. The summed E-state index contributed by atoms with van der Waals surface area (Å²) >= 11 is 7.70. The maximum atomic E-state index is 6.06. The van der Waals surface area contributed by atoms with Gasteiger partial charge in [0.05, 0.1) is 15.9 Å². The lowest BCUT2D eigenvalue weighted by Crippen LogP contribution is -2.04. The molecule has 0 bridgehead atoms. The SMILES string of the molecule is Cc1cc(Cl)cc2sc3nc(C(C)N)cn3c12.Cl. The zero-order chi connectivity index (χ0) is 12.2. The van der Waals surface area contributed by atoms with Crippen LogP contribution in [0.25, 0.3) is 15.2 Å².